The largest absolute Gasteiger partial charge is 0.345 e. The number of para-hydroxylation sites is 1. The lowest BCUT2D eigenvalue weighted by molar-refractivity contribution is 0.0931. The number of anilines is 1. The Labute approximate surface area is 170 Å². The zero-order valence-electron chi connectivity index (χ0n) is 16.4. The summed E-state index contributed by atoms with van der Waals surface area (Å²) in [5, 5.41) is 2.94. The number of hydrogen-bond donors (Lipinski definition) is 1. The number of aryl methyl sites for hydroxylation is 1. The Hall–Kier alpha value is -3.06. The molecule has 3 aromatic rings. The van der Waals surface area contributed by atoms with Crippen molar-refractivity contribution in [3.05, 3.63) is 83.7 Å². The molecule has 0 spiro atoms. The zero-order valence-corrected chi connectivity index (χ0v) is 17.2. The van der Waals surface area contributed by atoms with Crippen LogP contribution in [0.3, 0.4) is 0 Å². The molecule has 1 amide bonds. The van der Waals surface area contributed by atoms with Gasteiger partial charge in [-0.05, 0) is 36.6 Å². The predicted molar refractivity (Wildman–Crippen MR) is 112 cm³/mol. The SMILES string of the molecule is C[C@H](NC(=O)c1cc(S(=O)(=O)N2CCc3ccccc32)cn1C)c1ccccc1. The van der Waals surface area contributed by atoms with Crippen LogP contribution in [0.4, 0.5) is 5.69 Å². The summed E-state index contributed by atoms with van der Waals surface area (Å²) in [5.74, 6) is -0.313. The van der Waals surface area contributed by atoms with Crippen molar-refractivity contribution in [2.45, 2.75) is 24.3 Å². The molecule has 1 atom stereocenters. The molecule has 150 valence electrons. The fraction of sp³-hybridized carbons (Fsp3) is 0.227. The molecule has 4 rings (SSSR count). The first-order chi connectivity index (χ1) is 13.9. The first-order valence-electron chi connectivity index (χ1n) is 9.51. The van der Waals surface area contributed by atoms with Gasteiger partial charge in [0.2, 0.25) is 0 Å². The van der Waals surface area contributed by atoms with Crippen LogP contribution in [0.2, 0.25) is 0 Å². The Bertz CT molecular complexity index is 1150. The van der Waals surface area contributed by atoms with E-state index < -0.39 is 10.0 Å². The van der Waals surface area contributed by atoms with Gasteiger partial charge in [-0.25, -0.2) is 8.42 Å². The van der Waals surface area contributed by atoms with Crippen molar-refractivity contribution in [2.75, 3.05) is 10.8 Å². The number of aromatic nitrogens is 1. The molecular formula is C22H23N3O3S. The van der Waals surface area contributed by atoms with Gasteiger partial charge in [0, 0.05) is 19.8 Å². The van der Waals surface area contributed by atoms with Crippen molar-refractivity contribution in [1.29, 1.82) is 0 Å². The molecule has 0 bridgehead atoms. The summed E-state index contributed by atoms with van der Waals surface area (Å²) in [4.78, 5) is 12.9. The Balaban J connectivity index is 1.59. The third kappa shape index (κ3) is 3.53. The highest BCUT2D eigenvalue weighted by Crippen LogP contribution is 2.33. The number of hydrogen-bond acceptors (Lipinski definition) is 3. The van der Waals surface area contributed by atoms with Crippen molar-refractivity contribution >= 4 is 21.6 Å². The molecule has 1 aliphatic rings. The van der Waals surface area contributed by atoms with E-state index >= 15 is 0 Å². The van der Waals surface area contributed by atoms with Crippen molar-refractivity contribution < 1.29 is 13.2 Å². The first-order valence-corrected chi connectivity index (χ1v) is 10.9. The van der Waals surface area contributed by atoms with Crippen LogP contribution in [0, 0.1) is 0 Å². The molecule has 2 aromatic carbocycles. The van der Waals surface area contributed by atoms with E-state index in [1.165, 1.54) is 16.6 Å². The Morgan fingerprint density at radius 1 is 1.07 bits per heavy atom. The van der Waals surface area contributed by atoms with Crippen LogP contribution in [0.5, 0.6) is 0 Å². The lowest BCUT2D eigenvalue weighted by atomic mass is 10.1. The minimum absolute atomic E-state index is 0.120. The Morgan fingerprint density at radius 3 is 2.52 bits per heavy atom. The highest BCUT2D eigenvalue weighted by Gasteiger charge is 2.32. The lowest BCUT2D eigenvalue weighted by Crippen LogP contribution is -2.29. The van der Waals surface area contributed by atoms with E-state index in [-0.39, 0.29) is 16.8 Å². The topological polar surface area (TPSA) is 71.4 Å². The maximum Gasteiger partial charge on any atom is 0.268 e. The summed E-state index contributed by atoms with van der Waals surface area (Å²) in [5.41, 5.74) is 3.01. The second kappa shape index (κ2) is 7.40. The van der Waals surface area contributed by atoms with Crippen molar-refractivity contribution in [3.8, 4) is 0 Å². The quantitative estimate of drug-likeness (QED) is 0.703. The molecule has 1 aliphatic heterocycles. The van der Waals surface area contributed by atoms with Crippen LogP contribution in [0.15, 0.2) is 71.8 Å². The molecule has 0 saturated carbocycles. The maximum absolute atomic E-state index is 13.2. The molecule has 7 heteroatoms. The molecule has 0 radical (unpaired) electrons. The van der Waals surface area contributed by atoms with Gasteiger partial charge >= 0.3 is 0 Å². The number of nitrogens with zero attached hydrogens (tertiary/aromatic N) is 2. The first kappa shape index (κ1) is 19.3. The van der Waals surface area contributed by atoms with Gasteiger partial charge in [-0.3, -0.25) is 9.10 Å². The van der Waals surface area contributed by atoms with Gasteiger partial charge in [-0.2, -0.15) is 0 Å². The van der Waals surface area contributed by atoms with E-state index in [0.29, 0.717) is 24.3 Å². The number of benzene rings is 2. The molecule has 0 unspecified atom stereocenters. The van der Waals surface area contributed by atoms with Gasteiger partial charge in [-0.1, -0.05) is 48.5 Å². The molecule has 1 aromatic heterocycles. The second-order valence-corrected chi connectivity index (χ2v) is 9.10. The van der Waals surface area contributed by atoms with Crippen molar-refractivity contribution in [1.82, 2.24) is 9.88 Å². The minimum atomic E-state index is -3.74. The molecule has 0 saturated heterocycles. The molecule has 1 N–H and O–H groups in total. The number of amides is 1. The summed E-state index contributed by atoms with van der Waals surface area (Å²) < 4.78 is 29.4. The number of rotatable bonds is 5. The zero-order chi connectivity index (χ0) is 20.6. The number of carbonyl (C=O) groups excluding carboxylic acids is 1. The monoisotopic (exact) mass is 409 g/mol. The average Bonchev–Trinajstić information content (AvgIpc) is 3.33. The van der Waals surface area contributed by atoms with Crippen LogP contribution in [-0.2, 0) is 23.5 Å². The molecule has 0 aliphatic carbocycles. The van der Waals surface area contributed by atoms with E-state index in [1.54, 1.807) is 11.6 Å². The van der Waals surface area contributed by atoms with E-state index in [9.17, 15) is 13.2 Å². The highest BCUT2D eigenvalue weighted by atomic mass is 32.2. The minimum Gasteiger partial charge on any atom is -0.345 e. The number of fused-ring (bicyclic) bond motifs is 1. The number of carbonyl (C=O) groups is 1. The van der Waals surface area contributed by atoms with Crippen LogP contribution in [-0.4, -0.2) is 25.4 Å². The Morgan fingerprint density at radius 2 is 1.76 bits per heavy atom. The maximum atomic E-state index is 13.2. The van der Waals surface area contributed by atoms with Gasteiger partial charge in [-0.15, -0.1) is 0 Å². The molecular weight excluding hydrogens is 386 g/mol. The summed E-state index contributed by atoms with van der Waals surface area (Å²) >= 11 is 0. The fourth-order valence-corrected chi connectivity index (χ4v) is 5.26. The highest BCUT2D eigenvalue weighted by molar-refractivity contribution is 7.92. The van der Waals surface area contributed by atoms with Gasteiger partial charge in [0.05, 0.1) is 11.7 Å². The lowest BCUT2D eigenvalue weighted by Gasteiger charge is -2.18. The van der Waals surface area contributed by atoms with E-state index in [1.807, 2.05) is 61.5 Å². The summed E-state index contributed by atoms with van der Waals surface area (Å²) in [7, 11) is -2.06. The fourth-order valence-electron chi connectivity index (χ4n) is 3.68. The van der Waals surface area contributed by atoms with Crippen LogP contribution in [0.1, 0.15) is 34.6 Å². The predicted octanol–water partition coefficient (Wildman–Crippen LogP) is 3.27. The van der Waals surface area contributed by atoms with Gasteiger partial charge in [0.1, 0.15) is 10.6 Å². The third-order valence-corrected chi connectivity index (χ3v) is 7.07. The van der Waals surface area contributed by atoms with Gasteiger partial charge in [0.15, 0.2) is 0 Å². The van der Waals surface area contributed by atoms with Crippen LogP contribution >= 0.6 is 0 Å². The molecule has 0 fully saturated rings. The van der Waals surface area contributed by atoms with Crippen LogP contribution < -0.4 is 9.62 Å². The van der Waals surface area contributed by atoms with E-state index in [2.05, 4.69) is 5.32 Å². The Kier molecular flexibility index (Phi) is 4.92. The van der Waals surface area contributed by atoms with Gasteiger partial charge < -0.3 is 9.88 Å². The number of sulfonamides is 1. The van der Waals surface area contributed by atoms with E-state index in [0.717, 1.165) is 11.1 Å². The molecule has 2 heterocycles. The summed E-state index contributed by atoms with van der Waals surface area (Å²) in [6.45, 7) is 2.30. The molecule has 6 nitrogen and oxygen atoms in total. The normalized spacial score (nSPS) is 14.5. The van der Waals surface area contributed by atoms with E-state index in [4.69, 9.17) is 0 Å². The summed E-state index contributed by atoms with van der Waals surface area (Å²) in [6, 6.07) is 18.4. The standard InChI is InChI=1S/C22H23N3O3S/c1-16(17-8-4-3-5-9-17)23-22(26)21-14-19(15-24(21)2)29(27,28)25-13-12-18-10-6-7-11-20(18)25/h3-11,14-16H,12-13H2,1-2H3,(H,23,26)/t16-/m0/s1. The molecule has 29 heavy (non-hydrogen) atoms. The van der Waals surface area contributed by atoms with Crippen molar-refractivity contribution in [2.24, 2.45) is 7.05 Å². The third-order valence-electron chi connectivity index (χ3n) is 5.29. The second-order valence-electron chi connectivity index (χ2n) is 7.23. The summed E-state index contributed by atoms with van der Waals surface area (Å²) in [6.07, 6.45) is 2.18. The van der Waals surface area contributed by atoms with Crippen molar-refractivity contribution in [3.63, 3.8) is 0 Å². The number of nitrogens with one attached hydrogen (secondary N) is 1. The smallest absolute Gasteiger partial charge is 0.268 e. The van der Waals surface area contributed by atoms with Gasteiger partial charge in [0.25, 0.3) is 15.9 Å². The van der Waals surface area contributed by atoms with Crippen LogP contribution in [0.25, 0.3) is 0 Å². The average molecular weight is 410 g/mol.